The molecular weight excluding hydrogens is 212 g/mol. The van der Waals surface area contributed by atoms with Crippen LogP contribution in [0.25, 0.3) is 0 Å². The summed E-state index contributed by atoms with van der Waals surface area (Å²) in [6.07, 6.45) is 0. The number of ether oxygens (including phenoxy) is 1. The maximum Gasteiger partial charge on any atom is 0.124 e. The summed E-state index contributed by atoms with van der Waals surface area (Å²) in [5.74, 6) is 0.849. The van der Waals surface area contributed by atoms with Gasteiger partial charge in [-0.25, -0.2) is 0 Å². The van der Waals surface area contributed by atoms with Crippen LogP contribution in [-0.2, 0) is 6.54 Å². The van der Waals surface area contributed by atoms with Gasteiger partial charge in [-0.15, -0.1) is 0 Å². The zero-order valence-electron chi connectivity index (χ0n) is 8.72. The molecule has 0 amide bonds. The van der Waals surface area contributed by atoms with Gasteiger partial charge in [0.2, 0.25) is 0 Å². The van der Waals surface area contributed by atoms with Gasteiger partial charge in [0, 0.05) is 36.3 Å². The van der Waals surface area contributed by atoms with Crippen LogP contribution in [0.3, 0.4) is 0 Å². The molecule has 0 unspecified atom stereocenters. The Hall–Kier alpha value is -0.770. The van der Waals surface area contributed by atoms with Crippen molar-refractivity contribution in [1.29, 1.82) is 0 Å². The fourth-order valence-electron chi connectivity index (χ4n) is 1.58. The van der Waals surface area contributed by atoms with Crippen molar-refractivity contribution in [2.75, 3.05) is 20.2 Å². The molecule has 1 aromatic carbocycles. The highest BCUT2D eigenvalue weighted by molar-refractivity contribution is 6.31. The van der Waals surface area contributed by atoms with Crippen LogP contribution in [0.2, 0.25) is 5.02 Å². The first-order chi connectivity index (χ1) is 7.31. The van der Waals surface area contributed by atoms with E-state index >= 15 is 0 Å². The highest BCUT2D eigenvalue weighted by Crippen LogP contribution is 2.25. The van der Waals surface area contributed by atoms with Crippen molar-refractivity contribution in [3.8, 4) is 5.75 Å². The second kappa shape index (κ2) is 4.84. The lowest BCUT2D eigenvalue weighted by atomic mass is 10.1. The van der Waals surface area contributed by atoms with E-state index in [0.29, 0.717) is 6.04 Å². The van der Waals surface area contributed by atoms with Crippen LogP contribution in [0.4, 0.5) is 0 Å². The summed E-state index contributed by atoms with van der Waals surface area (Å²) in [6.45, 7) is 2.83. The zero-order chi connectivity index (χ0) is 10.7. The fraction of sp³-hybridized carbons (Fsp3) is 0.455. The van der Waals surface area contributed by atoms with Crippen LogP contribution >= 0.6 is 11.6 Å². The minimum atomic E-state index is 0.561. The first-order valence-corrected chi connectivity index (χ1v) is 5.44. The van der Waals surface area contributed by atoms with Gasteiger partial charge in [0.25, 0.3) is 0 Å². The molecule has 0 radical (unpaired) electrons. The molecule has 0 atom stereocenters. The van der Waals surface area contributed by atoms with E-state index in [1.165, 1.54) is 0 Å². The van der Waals surface area contributed by atoms with E-state index in [1.54, 1.807) is 7.11 Å². The minimum absolute atomic E-state index is 0.561. The van der Waals surface area contributed by atoms with E-state index in [9.17, 15) is 0 Å². The molecule has 1 aliphatic rings. The Kier molecular flexibility index (Phi) is 3.46. The molecule has 1 aromatic rings. The summed E-state index contributed by atoms with van der Waals surface area (Å²) < 4.78 is 5.27. The molecule has 15 heavy (non-hydrogen) atoms. The predicted octanol–water partition coefficient (Wildman–Crippen LogP) is 1.41. The minimum Gasteiger partial charge on any atom is -0.496 e. The lowest BCUT2D eigenvalue weighted by molar-refractivity contribution is 0.359. The number of hydrogen-bond donors (Lipinski definition) is 2. The smallest absolute Gasteiger partial charge is 0.124 e. The van der Waals surface area contributed by atoms with Crippen LogP contribution in [0.5, 0.6) is 5.75 Å². The number of hydrogen-bond acceptors (Lipinski definition) is 3. The molecule has 0 aromatic heterocycles. The lowest BCUT2D eigenvalue weighted by Crippen LogP contribution is -2.55. The Bertz CT molecular complexity index is 339. The second-order valence-electron chi connectivity index (χ2n) is 3.66. The SMILES string of the molecule is COc1cccc(Cl)c1CNC1CNC1. The highest BCUT2D eigenvalue weighted by Gasteiger charge is 2.16. The molecule has 4 heteroatoms. The molecule has 1 heterocycles. The third kappa shape index (κ3) is 2.43. The molecule has 1 saturated heterocycles. The summed E-state index contributed by atoms with van der Waals surface area (Å²) in [6, 6.07) is 6.28. The van der Waals surface area contributed by atoms with Crippen molar-refractivity contribution in [1.82, 2.24) is 10.6 Å². The van der Waals surface area contributed by atoms with Crippen molar-refractivity contribution in [3.05, 3.63) is 28.8 Å². The molecule has 3 nitrogen and oxygen atoms in total. The van der Waals surface area contributed by atoms with E-state index in [-0.39, 0.29) is 0 Å². The van der Waals surface area contributed by atoms with Gasteiger partial charge in [-0.2, -0.15) is 0 Å². The maximum atomic E-state index is 6.12. The molecule has 0 aliphatic carbocycles. The Morgan fingerprint density at radius 1 is 1.53 bits per heavy atom. The van der Waals surface area contributed by atoms with Crippen molar-refractivity contribution in [2.24, 2.45) is 0 Å². The Morgan fingerprint density at radius 3 is 2.93 bits per heavy atom. The first kappa shape index (κ1) is 10.7. The van der Waals surface area contributed by atoms with Gasteiger partial charge < -0.3 is 15.4 Å². The average molecular weight is 227 g/mol. The quantitative estimate of drug-likeness (QED) is 0.815. The average Bonchev–Trinajstić information content (AvgIpc) is 2.17. The molecule has 0 saturated carbocycles. The lowest BCUT2D eigenvalue weighted by Gasteiger charge is -2.28. The molecule has 2 N–H and O–H groups in total. The van der Waals surface area contributed by atoms with Gasteiger partial charge >= 0.3 is 0 Å². The van der Waals surface area contributed by atoms with Gasteiger partial charge in [0.1, 0.15) is 5.75 Å². The van der Waals surface area contributed by atoms with E-state index in [2.05, 4.69) is 10.6 Å². The van der Waals surface area contributed by atoms with Crippen LogP contribution in [0, 0.1) is 0 Å². The van der Waals surface area contributed by atoms with Crippen LogP contribution < -0.4 is 15.4 Å². The molecule has 1 aliphatic heterocycles. The van der Waals surface area contributed by atoms with E-state index in [1.807, 2.05) is 18.2 Å². The standard InChI is InChI=1S/C11H15ClN2O/c1-15-11-4-2-3-10(12)9(11)7-14-8-5-13-6-8/h2-4,8,13-14H,5-7H2,1H3. The summed E-state index contributed by atoms with van der Waals surface area (Å²) in [5.41, 5.74) is 1.04. The van der Waals surface area contributed by atoms with E-state index in [4.69, 9.17) is 16.3 Å². The molecule has 82 valence electrons. The normalized spacial score (nSPS) is 16.1. The first-order valence-electron chi connectivity index (χ1n) is 5.06. The molecule has 1 fully saturated rings. The Morgan fingerprint density at radius 2 is 2.33 bits per heavy atom. The third-order valence-electron chi connectivity index (χ3n) is 2.64. The Labute approximate surface area is 94.8 Å². The van der Waals surface area contributed by atoms with Gasteiger partial charge in [-0.3, -0.25) is 0 Å². The Balaban J connectivity index is 2.04. The number of benzene rings is 1. The van der Waals surface area contributed by atoms with Crippen LogP contribution in [-0.4, -0.2) is 26.2 Å². The fourth-order valence-corrected chi connectivity index (χ4v) is 1.81. The van der Waals surface area contributed by atoms with Crippen LogP contribution in [0.1, 0.15) is 5.56 Å². The summed E-state index contributed by atoms with van der Waals surface area (Å²) >= 11 is 6.12. The largest absolute Gasteiger partial charge is 0.496 e. The number of methoxy groups -OCH3 is 1. The number of nitrogens with one attached hydrogen (secondary N) is 2. The molecule has 0 bridgehead atoms. The molecule has 0 spiro atoms. The van der Waals surface area contributed by atoms with Crippen molar-refractivity contribution >= 4 is 11.6 Å². The van der Waals surface area contributed by atoms with E-state index < -0.39 is 0 Å². The van der Waals surface area contributed by atoms with Gasteiger partial charge in [-0.1, -0.05) is 17.7 Å². The summed E-state index contributed by atoms with van der Waals surface area (Å²) in [5, 5.41) is 7.40. The zero-order valence-corrected chi connectivity index (χ0v) is 9.47. The van der Waals surface area contributed by atoms with Crippen molar-refractivity contribution in [3.63, 3.8) is 0 Å². The maximum absolute atomic E-state index is 6.12. The monoisotopic (exact) mass is 226 g/mol. The van der Waals surface area contributed by atoms with Gasteiger partial charge in [0.15, 0.2) is 0 Å². The third-order valence-corrected chi connectivity index (χ3v) is 3.00. The summed E-state index contributed by atoms with van der Waals surface area (Å²) in [4.78, 5) is 0. The van der Waals surface area contributed by atoms with Crippen LogP contribution in [0.15, 0.2) is 18.2 Å². The topological polar surface area (TPSA) is 33.3 Å². The number of rotatable bonds is 4. The van der Waals surface area contributed by atoms with E-state index in [0.717, 1.165) is 36.0 Å². The highest BCUT2D eigenvalue weighted by atomic mass is 35.5. The number of halogens is 1. The molecule has 2 rings (SSSR count). The van der Waals surface area contributed by atoms with Crippen molar-refractivity contribution in [2.45, 2.75) is 12.6 Å². The van der Waals surface area contributed by atoms with Gasteiger partial charge in [-0.05, 0) is 12.1 Å². The summed E-state index contributed by atoms with van der Waals surface area (Å²) in [7, 11) is 1.67. The predicted molar refractivity (Wildman–Crippen MR) is 61.5 cm³/mol. The van der Waals surface area contributed by atoms with Crippen molar-refractivity contribution < 1.29 is 4.74 Å². The second-order valence-corrected chi connectivity index (χ2v) is 4.06. The van der Waals surface area contributed by atoms with Gasteiger partial charge in [0.05, 0.1) is 7.11 Å². The molecular formula is C11H15ClN2O.